The van der Waals surface area contributed by atoms with Gasteiger partial charge in [-0.2, -0.15) is 0 Å². The van der Waals surface area contributed by atoms with Crippen LogP contribution in [0.2, 0.25) is 10.0 Å². The van der Waals surface area contributed by atoms with Gasteiger partial charge in [-0.25, -0.2) is 0 Å². The second kappa shape index (κ2) is 6.50. The number of hydrogen-bond donors (Lipinski definition) is 1. The van der Waals surface area contributed by atoms with Crippen LogP contribution in [0.25, 0.3) is 0 Å². The Bertz CT molecular complexity index is 870. The zero-order chi connectivity index (χ0) is 18.3. The lowest BCUT2D eigenvalue weighted by molar-refractivity contribution is -0.119. The third kappa shape index (κ3) is 3.01. The van der Waals surface area contributed by atoms with E-state index in [1.54, 1.807) is 12.1 Å². The Hall–Kier alpha value is -2.37. The molecule has 0 unspecified atom stereocenters. The van der Waals surface area contributed by atoms with Crippen molar-refractivity contribution in [2.24, 2.45) is 0 Å². The maximum atomic E-state index is 12.6. The molecule has 1 heterocycles. The third-order valence-corrected chi connectivity index (χ3v) is 4.85. The molecule has 3 amide bonds. The summed E-state index contributed by atoms with van der Waals surface area (Å²) < 4.78 is 0. The highest BCUT2D eigenvalue weighted by atomic mass is 35.5. The summed E-state index contributed by atoms with van der Waals surface area (Å²) in [5.41, 5.74) is 1.80. The topological polar surface area (TPSA) is 66.5 Å². The minimum atomic E-state index is -0.982. The van der Waals surface area contributed by atoms with Crippen LogP contribution in [-0.2, 0) is 4.79 Å². The van der Waals surface area contributed by atoms with Crippen LogP contribution in [0.3, 0.4) is 0 Å². The molecule has 1 atom stereocenters. The molecule has 128 valence electrons. The van der Waals surface area contributed by atoms with E-state index in [0.29, 0.717) is 5.69 Å². The number of halogens is 2. The number of nitrogens with one attached hydrogen (secondary N) is 1. The number of hydrogen-bond acceptors (Lipinski definition) is 3. The van der Waals surface area contributed by atoms with Crippen LogP contribution in [0.1, 0.15) is 33.2 Å². The van der Waals surface area contributed by atoms with Crippen molar-refractivity contribution in [3.05, 3.63) is 63.1 Å². The van der Waals surface area contributed by atoms with Crippen LogP contribution in [-0.4, -0.2) is 28.7 Å². The lowest BCUT2D eigenvalue weighted by Gasteiger charge is -2.22. The number of carbonyl (C=O) groups excluding carboxylic acids is 3. The molecule has 0 bridgehead atoms. The molecule has 25 heavy (non-hydrogen) atoms. The zero-order valence-corrected chi connectivity index (χ0v) is 15.0. The van der Waals surface area contributed by atoms with Crippen molar-refractivity contribution >= 4 is 46.6 Å². The normalized spacial score (nSPS) is 14.5. The van der Waals surface area contributed by atoms with Crippen molar-refractivity contribution in [3.8, 4) is 0 Å². The quantitative estimate of drug-likeness (QED) is 0.825. The zero-order valence-electron chi connectivity index (χ0n) is 13.5. The fourth-order valence-corrected chi connectivity index (χ4v) is 3.00. The minimum absolute atomic E-state index is 0.148. The molecule has 5 nitrogen and oxygen atoms in total. The van der Waals surface area contributed by atoms with Crippen molar-refractivity contribution in [3.63, 3.8) is 0 Å². The molecule has 7 heteroatoms. The first-order chi connectivity index (χ1) is 11.8. The van der Waals surface area contributed by atoms with Crippen molar-refractivity contribution in [1.82, 2.24) is 4.90 Å². The van der Waals surface area contributed by atoms with Gasteiger partial charge in [0.05, 0.1) is 21.2 Å². The molecule has 0 aliphatic carbocycles. The number of fused-ring (bicyclic) bond motifs is 1. The molecule has 1 aliphatic heterocycles. The number of rotatable bonds is 3. The van der Waals surface area contributed by atoms with Crippen molar-refractivity contribution in [1.29, 1.82) is 0 Å². The first-order valence-corrected chi connectivity index (χ1v) is 8.30. The van der Waals surface area contributed by atoms with Gasteiger partial charge < -0.3 is 5.32 Å². The molecular weight excluding hydrogens is 363 g/mol. The Labute approximate surface area is 154 Å². The summed E-state index contributed by atoms with van der Waals surface area (Å²) in [6.45, 7) is 3.35. The van der Waals surface area contributed by atoms with Crippen LogP contribution >= 0.6 is 23.2 Å². The monoisotopic (exact) mass is 376 g/mol. The van der Waals surface area contributed by atoms with E-state index in [1.165, 1.54) is 19.1 Å². The SMILES string of the molecule is Cc1ccccc1NC(=O)[C@H](C)N1C(=O)c2cc(Cl)c(Cl)cc2C1=O. The maximum absolute atomic E-state index is 12.6. The summed E-state index contributed by atoms with van der Waals surface area (Å²) in [6.07, 6.45) is 0. The second-order valence-electron chi connectivity index (χ2n) is 5.77. The summed E-state index contributed by atoms with van der Waals surface area (Å²) in [7, 11) is 0. The molecule has 0 saturated heterocycles. The second-order valence-corrected chi connectivity index (χ2v) is 6.59. The minimum Gasteiger partial charge on any atom is -0.324 e. The number of carbonyl (C=O) groups is 3. The Balaban J connectivity index is 1.87. The molecule has 1 aliphatic rings. The summed E-state index contributed by atoms with van der Waals surface area (Å²) >= 11 is 11.9. The first-order valence-electron chi connectivity index (χ1n) is 7.54. The summed E-state index contributed by atoms with van der Waals surface area (Å²) in [6, 6.07) is 8.97. The van der Waals surface area contributed by atoms with Crippen LogP contribution < -0.4 is 5.32 Å². The maximum Gasteiger partial charge on any atom is 0.262 e. The van der Waals surface area contributed by atoms with Gasteiger partial charge in [0.15, 0.2) is 0 Å². The lowest BCUT2D eigenvalue weighted by atomic mass is 10.1. The first kappa shape index (κ1) is 17.5. The molecule has 0 spiro atoms. The number of aryl methyl sites for hydroxylation is 1. The number of para-hydroxylation sites is 1. The average molecular weight is 377 g/mol. The van der Waals surface area contributed by atoms with Crippen molar-refractivity contribution in [2.45, 2.75) is 19.9 Å². The van der Waals surface area contributed by atoms with Gasteiger partial charge in [0.25, 0.3) is 11.8 Å². The summed E-state index contributed by atoms with van der Waals surface area (Å²) in [4.78, 5) is 38.6. The Morgan fingerprint density at radius 1 is 1.04 bits per heavy atom. The van der Waals surface area contributed by atoms with E-state index in [4.69, 9.17) is 23.2 Å². The van der Waals surface area contributed by atoms with Gasteiger partial charge in [0.2, 0.25) is 5.91 Å². The standard InChI is InChI=1S/C18H14Cl2N2O3/c1-9-5-3-4-6-15(9)21-16(23)10(2)22-17(24)11-7-13(19)14(20)8-12(11)18(22)25/h3-8,10H,1-2H3,(H,21,23)/t10-/m0/s1. The Kier molecular flexibility index (Phi) is 4.54. The number of anilines is 1. The predicted molar refractivity (Wildman–Crippen MR) is 96.2 cm³/mol. The van der Waals surface area contributed by atoms with E-state index in [1.807, 2.05) is 19.1 Å². The van der Waals surface area contributed by atoms with Crippen LogP contribution in [0, 0.1) is 6.92 Å². The van der Waals surface area contributed by atoms with Crippen LogP contribution in [0.15, 0.2) is 36.4 Å². The van der Waals surface area contributed by atoms with Crippen LogP contribution in [0.4, 0.5) is 5.69 Å². The predicted octanol–water partition coefficient (Wildman–Crippen LogP) is 3.93. The highest BCUT2D eigenvalue weighted by molar-refractivity contribution is 6.43. The van der Waals surface area contributed by atoms with Crippen molar-refractivity contribution < 1.29 is 14.4 Å². The lowest BCUT2D eigenvalue weighted by Crippen LogP contribution is -2.45. The number of nitrogens with zero attached hydrogens (tertiary/aromatic N) is 1. The molecule has 0 radical (unpaired) electrons. The van der Waals surface area contributed by atoms with Crippen molar-refractivity contribution in [2.75, 3.05) is 5.32 Å². The molecule has 2 aromatic carbocycles. The van der Waals surface area contributed by atoms with Gasteiger partial charge in [-0.1, -0.05) is 41.4 Å². The fraction of sp³-hybridized carbons (Fsp3) is 0.167. The Morgan fingerprint density at radius 3 is 2.08 bits per heavy atom. The van der Waals surface area contributed by atoms with Crippen LogP contribution in [0.5, 0.6) is 0 Å². The van der Waals surface area contributed by atoms with E-state index in [0.717, 1.165) is 10.5 Å². The smallest absolute Gasteiger partial charge is 0.262 e. The van der Waals surface area contributed by atoms with Gasteiger partial charge in [-0.15, -0.1) is 0 Å². The fourth-order valence-electron chi connectivity index (χ4n) is 2.67. The van der Waals surface area contributed by atoms with Gasteiger partial charge in [0, 0.05) is 5.69 Å². The van der Waals surface area contributed by atoms with E-state index in [9.17, 15) is 14.4 Å². The largest absolute Gasteiger partial charge is 0.324 e. The van der Waals surface area contributed by atoms with Gasteiger partial charge in [0.1, 0.15) is 6.04 Å². The van der Waals surface area contributed by atoms with Gasteiger partial charge in [-0.05, 0) is 37.6 Å². The molecule has 0 saturated carbocycles. The molecule has 0 fully saturated rings. The number of benzene rings is 2. The van der Waals surface area contributed by atoms with E-state index >= 15 is 0 Å². The van der Waals surface area contributed by atoms with Gasteiger partial charge in [-0.3, -0.25) is 19.3 Å². The summed E-state index contributed by atoms with van der Waals surface area (Å²) in [5, 5.41) is 3.10. The molecule has 0 aromatic heterocycles. The number of imide groups is 1. The number of amides is 3. The van der Waals surface area contributed by atoms with Gasteiger partial charge >= 0.3 is 0 Å². The third-order valence-electron chi connectivity index (χ3n) is 4.13. The van der Waals surface area contributed by atoms with E-state index < -0.39 is 23.8 Å². The molecule has 2 aromatic rings. The van der Waals surface area contributed by atoms with E-state index in [-0.39, 0.29) is 21.2 Å². The average Bonchev–Trinajstić information content (AvgIpc) is 2.80. The highest BCUT2D eigenvalue weighted by Gasteiger charge is 2.41. The van der Waals surface area contributed by atoms with E-state index in [2.05, 4.69) is 5.32 Å². The Morgan fingerprint density at radius 2 is 1.56 bits per heavy atom. The molecule has 1 N–H and O–H groups in total. The molecule has 3 rings (SSSR count). The molecular formula is C18H14Cl2N2O3. The summed E-state index contributed by atoms with van der Waals surface area (Å²) in [5.74, 6) is -1.59. The highest BCUT2D eigenvalue weighted by Crippen LogP contribution is 2.32.